The van der Waals surface area contributed by atoms with Crippen molar-refractivity contribution in [3.63, 3.8) is 0 Å². The topological polar surface area (TPSA) is 41.6 Å². The molecule has 24 heavy (non-hydrogen) atoms. The van der Waals surface area contributed by atoms with Gasteiger partial charge < -0.3 is 10.1 Å². The van der Waals surface area contributed by atoms with Crippen molar-refractivity contribution in [2.75, 3.05) is 12.0 Å². The number of nitrogens with one attached hydrogen (secondary N) is 1. The number of aryl methyl sites for hydroxylation is 1. The highest BCUT2D eigenvalue weighted by molar-refractivity contribution is 7.80. The van der Waals surface area contributed by atoms with Crippen molar-refractivity contribution >= 4 is 40.3 Å². The molecule has 0 radical (unpaired) electrons. The fourth-order valence-corrected chi connectivity index (χ4v) is 3.94. The first kappa shape index (κ1) is 16.7. The second-order valence-corrected chi connectivity index (χ2v) is 6.93. The molecule has 2 aromatic rings. The fraction of sp³-hybridized carbons (Fsp3) is 0.222. The third-order valence-corrected chi connectivity index (χ3v) is 5.25. The molecular formula is C18H18N2O2S2. The third-order valence-electron chi connectivity index (χ3n) is 4.01. The van der Waals surface area contributed by atoms with Gasteiger partial charge >= 0.3 is 5.97 Å². The van der Waals surface area contributed by atoms with Crippen LogP contribution in [0.1, 0.15) is 23.4 Å². The number of carbonyl (C=O) groups excluding carboxylic acids is 1. The maximum Gasteiger partial charge on any atom is 0.338 e. The highest BCUT2D eigenvalue weighted by Gasteiger charge is 2.35. The van der Waals surface area contributed by atoms with Crippen LogP contribution >= 0.6 is 23.6 Å². The molecule has 1 aliphatic heterocycles. The number of anilines is 1. The van der Waals surface area contributed by atoms with Gasteiger partial charge in [0.25, 0.3) is 0 Å². The van der Waals surface area contributed by atoms with Gasteiger partial charge in [-0.1, -0.05) is 23.8 Å². The van der Waals surface area contributed by atoms with Crippen LogP contribution in [0.4, 0.5) is 5.69 Å². The number of esters is 1. The summed E-state index contributed by atoms with van der Waals surface area (Å²) in [5, 5.41) is 5.84. The molecule has 124 valence electrons. The summed E-state index contributed by atoms with van der Waals surface area (Å²) in [7, 11) is 1.40. The zero-order valence-electron chi connectivity index (χ0n) is 13.7. The van der Waals surface area contributed by atoms with Crippen molar-refractivity contribution in [1.29, 1.82) is 0 Å². The summed E-state index contributed by atoms with van der Waals surface area (Å²) in [4.78, 5) is 15.3. The number of thiocarbonyl (C=S) groups is 1. The molecule has 0 fully saturated rings. The van der Waals surface area contributed by atoms with E-state index in [4.69, 9.17) is 17.0 Å². The van der Waals surface area contributed by atoms with E-state index in [0.29, 0.717) is 10.7 Å². The van der Waals surface area contributed by atoms with E-state index in [9.17, 15) is 4.79 Å². The lowest BCUT2D eigenvalue weighted by Crippen LogP contribution is -2.47. The molecule has 2 heterocycles. The number of benzene rings is 1. The Morgan fingerprint density at radius 1 is 1.25 bits per heavy atom. The highest BCUT2D eigenvalue weighted by Crippen LogP contribution is 2.35. The number of methoxy groups -OCH3 is 1. The molecule has 0 saturated heterocycles. The van der Waals surface area contributed by atoms with Crippen LogP contribution in [0.5, 0.6) is 0 Å². The second-order valence-electron chi connectivity index (χ2n) is 5.56. The lowest BCUT2D eigenvalue weighted by atomic mass is 10.00. The number of hydrogen-bond acceptors (Lipinski definition) is 4. The Bertz CT molecular complexity index is 795. The van der Waals surface area contributed by atoms with E-state index in [1.807, 2.05) is 60.5 Å². The molecule has 4 nitrogen and oxygen atoms in total. The zero-order valence-corrected chi connectivity index (χ0v) is 15.3. The summed E-state index contributed by atoms with van der Waals surface area (Å²) in [6, 6.07) is 11.7. The Morgan fingerprint density at radius 3 is 2.54 bits per heavy atom. The normalized spacial score (nSPS) is 17.7. The molecule has 0 amide bonds. The molecule has 1 atom stereocenters. The summed E-state index contributed by atoms with van der Waals surface area (Å²) < 4.78 is 5.02. The molecule has 1 aromatic carbocycles. The molecule has 1 aliphatic rings. The standard InChI is InChI=1S/C18H18N2O2S2/c1-11-6-8-13(9-7-11)20-12(2)15(17(21)22-3)16(19-18(20)23)14-5-4-10-24-14/h4-10,16H,1-3H3,(H,19,23)/t16-/m0/s1. The number of thiophene rings is 1. The van der Waals surface area contributed by atoms with Crippen molar-refractivity contribution < 1.29 is 9.53 Å². The SMILES string of the molecule is COC(=O)C1=C(C)N(c2ccc(C)cc2)C(=S)N[C@H]1c1cccs1. The Labute approximate surface area is 150 Å². The summed E-state index contributed by atoms with van der Waals surface area (Å²) in [5.41, 5.74) is 3.45. The molecule has 0 unspecified atom stereocenters. The van der Waals surface area contributed by atoms with Crippen LogP contribution in [0, 0.1) is 6.92 Å². The highest BCUT2D eigenvalue weighted by atomic mass is 32.1. The van der Waals surface area contributed by atoms with Gasteiger partial charge in [0.1, 0.15) is 0 Å². The molecule has 0 saturated carbocycles. The van der Waals surface area contributed by atoms with Crippen LogP contribution in [0.3, 0.4) is 0 Å². The number of ether oxygens (including phenoxy) is 1. The molecule has 6 heteroatoms. The Balaban J connectivity index is 2.12. The van der Waals surface area contributed by atoms with Gasteiger partial charge in [-0.25, -0.2) is 4.79 Å². The first-order chi connectivity index (χ1) is 11.5. The predicted octanol–water partition coefficient (Wildman–Crippen LogP) is 3.94. The lowest BCUT2D eigenvalue weighted by molar-refractivity contribution is -0.136. The second kappa shape index (κ2) is 6.75. The number of nitrogens with zero attached hydrogens (tertiary/aromatic N) is 1. The van der Waals surface area contributed by atoms with E-state index in [-0.39, 0.29) is 12.0 Å². The minimum atomic E-state index is -0.349. The van der Waals surface area contributed by atoms with Gasteiger partial charge in [-0.2, -0.15) is 0 Å². The number of allylic oxidation sites excluding steroid dienone is 1. The van der Waals surface area contributed by atoms with E-state index in [0.717, 1.165) is 16.3 Å². The number of rotatable bonds is 3. The van der Waals surface area contributed by atoms with Crippen molar-refractivity contribution in [2.24, 2.45) is 0 Å². The average Bonchev–Trinajstić information content (AvgIpc) is 3.10. The average molecular weight is 358 g/mol. The van der Waals surface area contributed by atoms with Gasteiger partial charge in [0.15, 0.2) is 5.11 Å². The molecule has 3 rings (SSSR count). The summed E-state index contributed by atoms with van der Waals surface area (Å²) in [6.45, 7) is 3.94. The smallest absolute Gasteiger partial charge is 0.338 e. The van der Waals surface area contributed by atoms with Gasteiger partial charge in [-0.15, -0.1) is 11.3 Å². The summed E-state index contributed by atoms with van der Waals surface area (Å²) >= 11 is 7.16. The quantitative estimate of drug-likeness (QED) is 0.665. The van der Waals surface area contributed by atoms with Gasteiger partial charge in [0, 0.05) is 16.3 Å². The minimum Gasteiger partial charge on any atom is -0.466 e. The minimum absolute atomic E-state index is 0.286. The van der Waals surface area contributed by atoms with Gasteiger partial charge in [-0.05, 0) is 49.6 Å². The molecule has 0 aliphatic carbocycles. The fourth-order valence-electron chi connectivity index (χ4n) is 2.79. The van der Waals surface area contributed by atoms with Crippen LogP contribution in [-0.2, 0) is 9.53 Å². The maximum atomic E-state index is 12.4. The number of carbonyl (C=O) groups is 1. The molecule has 0 spiro atoms. The van der Waals surface area contributed by atoms with Crippen LogP contribution in [0.15, 0.2) is 53.0 Å². The van der Waals surface area contributed by atoms with Crippen LogP contribution < -0.4 is 10.2 Å². The van der Waals surface area contributed by atoms with E-state index < -0.39 is 0 Å². The zero-order chi connectivity index (χ0) is 17.3. The van der Waals surface area contributed by atoms with Crippen molar-refractivity contribution in [3.05, 3.63) is 63.5 Å². The Hall–Kier alpha value is -2.18. The number of hydrogen-bond donors (Lipinski definition) is 1. The van der Waals surface area contributed by atoms with Crippen LogP contribution in [0.25, 0.3) is 0 Å². The molecule has 0 bridgehead atoms. The van der Waals surface area contributed by atoms with E-state index in [1.54, 1.807) is 11.3 Å². The van der Waals surface area contributed by atoms with E-state index >= 15 is 0 Å². The van der Waals surface area contributed by atoms with Crippen molar-refractivity contribution in [2.45, 2.75) is 19.9 Å². The van der Waals surface area contributed by atoms with E-state index in [1.165, 1.54) is 12.7 Å². The van der Waals surface area contributed by atoms with Gasteiger partial charge in [-0.3, -0.25) is 4.90 Å². The van der Waals surface area contributed by atoms with Crippen LogP contribution in [0.2, 0.25) is 0 Å². The monoisotopic (exact) mass is 358 g/mol. The molecule has 1 aromatic heterocycles. The molecular weight excluding hydrogens is 340 g/mol. The largest absolute Gasteiger partial charge is 0.466 e. The van der Waals surface area contributed by atoms with E-state index in [2.05, 4.69) is 5.32 Å². The van der Waals surface area contributed by atoms with Crippen molar-refractivity contribution in [1.82, 2.24) is 5.32 Å². The molecule has 1 N–H and O–H groups in total. The predicted molar refractivity (Wildman–Crippen MR) is 101 cm³/mol. The maximum absolute atomic E-state index is 12.4. The van der Waals surface area contributed by atoms with Crippen molar-refractivity contribution in [3.8, 4) is 0 Å². The summed E-state index contributed by atoms with van der Waals surface area (Å²) in [6.07, 6.45) is 0. The first-order valence-corrected chi connectivity index (χ1v) is 8.81. The Morgan fingerprint density at radius 2 is 1.96 bits per heavy atom. The summed E-state index contributed by atoms with van der Waals surface area (Å²) in [5.74, 6) is -0.349. The van der Waals surface area contributed by atoms with Gasteiger partial charge in [0.05, 0.1) is 18.7 Å². The first-order valence-electron chi connectivity index (χ1n) is 7.52. The third kappa shape index (κ3) is 2.95. The van der Waals surface area contributed by atoms with Crippen LogP contribution in [-0.4, -0.2) is 18.2 Å². The lowest BCUT2D eigenvalue weighted by Gasteiger charge is -2.37. The Kier molecular flexibility index (Phi) is 4.69. The van der Waals surface area contributed by atoms with Gasteiger partial charge in [0.2, 0.25) is 0 Å².